The number of hydrogen-bond donors (Lipinski definition) is 2. The highest BCUT2D eigenvalue weighted by atomic mass is 35.5. The molecule has 5 nitrogen and oxygen atoms in total. The molecule has 2 unspecified atom stereocenters. The average molecular weight is 297 g/mol. The molecule has 1 aliphatic rings. The van der Waals surface area contributed by atoms with Crippen molar-refractivity contribution < 1.29 is 14.7 Å². The number of carbonyl (C=O) groups excluding carboxylic acids is 1. The molecule has 0 saturated heterocycles. The predicted octanol–water partition coefficient (Wildman–Crippen LogP) is 2.87. The predicted molar refractivity (Wildman–Crippen MR) is 75.7 cm³/mol. The minimum absolute atomic E-state index is 0.246. The molecule has 1 fully saturated rings. The molecule has 108 valence electrons. The fourth-order valence-corrected chi connectivity index (χ4v) is 2.82. The molecule has 20 heavy (non-hydrogen) atoms. The van der Waals surface area contributed by atoms with Gasteiger partial charge in [-0.25, -0.2) is 4.98 Å². The third-order valence-corrected chi connectivity index (χ3v) is 3.94. The summed E-state index contributed by atoms with van der Waals surface area (Å²) in [6.45, 7) is 1.75. The molecule has 2 rings (SSSR count). The molecule has 2 N–H and O–H groups in total. The van der Waals surface area contributed by atoms with E-state index in [2.05, 4.69) is 10.3 Å². The minimum Gasteiger partial charge on any atom is -0.481 e. The van der Waals surface area contributed by atoms with Crippen LogP contribution in [0.1, 0.15) is 31.4 Å². The number of pyridine rings is 1. The summed E-state index contributed by atoms with van der Waals surface area (Å²) in [4.78, 5) is 27.6. The zero-order valence-corrected chi connectivity index (χ0v) is 12.0. The molecule has 0 aromatic carbocycles. The summed E-state index contributed by atoms with van der Waals surface area (Å²) in [6.07, 6.45) is 2.93. The highest BCUT2D eigenvalue weighted by molar-refractivity contribution is 6.29. The molecule has 1 amide bonds. The van der Waals surface area contributed by atoms with Crippen molar-refractivity contribution in [1.29, 1.82) is 0 Å². The fraction of sp³-hybridized carbons (Fsp3) is 0.500. The van der Waals surface area contributed by atoms with E-state index < -0.39 is 17.8 Å². The molecule has 1 aromatic rings. The van der Waals surface area contributed by atoms with Gasteiger partial charge in [0.1, 0.15) is 5.15 Å². The molecule has 0 radical (unpaired) electrons. The van der Waals surface area contributed by atoms with Crippen LogP contribution >= 0.6 is 11.6 Å². The largest absolute Gasteiger partial charge is 0.481 e. The maximum atomic E-state index is 12.3. The van der Waals surface area contributed by atoms with Crippen LogP contribution in [-0.4, -0.2) is 22.0 Å². The molecular weight excluding hydrogens is 280 g/mol. The van der Waals surface area contributed by atoms with Gasteiger partial charge < -0.3 is 10.4 Å². The maximum Gasteiger partial charge on any atom is 0.307 e. The van der Waals surface area contributed by atoms with Crippen LogP contribution in [0.5, 0.6) is 0 Å². The van der Waals surface area contributed by atoms with Crippen molar-refractivity contribution in [3.63, 3.8) is 0 Å². The van der Waals surface area contributed by atoms with Gasteiger partial charge in [0.25, 0.3) is 0 Å². The Bertz CT molecular complexity index is 533. The number of amides is 1. The van der Waals surface area contributed by atoms with Crippen LogP contribution in [0.4, 0.5) is 5.69 Å². The molecule has 1 heterocycles. The van der Waals surface area contributed by atoms with Gasteiger partial charge in [-0.05, 0) is 31.9 Å². The van der Waals surface area contributed by atoms with Gasteiger partial charge >= 0.3 is 5.97 Å². The monoisotopic (exact) mass is 296 g/mol. The van der Waals surface area contributed by atoms with Gasteiger partial charge in [0.15, 0.2) is 0 Å². The zero-order chi connectivity index (χ0) is 14.7. The number of rotatable bonds is 3. The molecule has 1 aliphatic carbocycles. The van der Waals surface area contributed by atoms with E-state index in [9.17, 15) is 14.7 Å². The molecule has 6 heteroatoms. The Morgan fingerprint density at radius 2 is 1.95 bits per heavy atom. The number of aryl methyl sites for hydroxylation is 1. The first-order chi connectivity index (χ1) is 9.49. The number of aromatic nitrogens is 1. The lowest BCUT2D eigenvalue weighted by molar-refractivity contribution is -0.147. The third-order valence-electron chi connectivity index (χ3n) is 3.73. The van der Waals surface area contributed by atoms with Gasteiger partial charge in [-0.1, -0.05) is 24.4 Å². The normalized spacial score (nSPS) is 22.3. The molecule has 0 aliphatic heterocycles. The first-order valence-corrected chi connectivity index (χ1v) is 7.03. The van der Waals surface area contributed by atoms with Crippen molar-refractivity contribution in [2.45, 2.75) is 32.6 Å². The number of carboxylic acids is 1. The lowest BCUT2D eigenvalue weighted by Gasteiger charge is -2.27. The Morgan fingerprint density at radius 3 is 2.55 bits per heavy atom. The van der Waals surface area contributed by atoms with E-state index in [-0.39, 0.29) is 5.91 Å². The summed E-state index contributed by atoms with van der Waals surface area (Å²) in [6, 6.07) is 3.28. The molecular formula is C14H17ClN2O3. The second kappa shape index (κ2) is 6.22. The van der Waals surface area contributed by atoms with Crippen molar-refractivity contribution in [1.82, 2.24) is 4.98 Å². The standard InChI is InChI=1S/C14H17ClN2O3/c1-8-11(6-7-12(15)16-8)17-13(18)9-4-2-3-5-10(9)14(19)20/h6-7,9-10H,2-5H2,1H3,(H,17,18)(H,19,20). The average Bonchev–Trinajstić information content (AvgIpc) is 2.41. The van der Waals surface area contributed by atoms with Crippen LogP contribution in [0.2, 0.25) is 5.15 Å². The molecule has 2 atom stereocenters. The number of hydrogen-bond acceptors (Lipinski definition) is 3. The number of carboxylic acid groups (broad SMARTS) is 1. The van der Waals surface area contributed by atoms with Crippen LogP contribution in [0, 0.1) is 18.8 Å². The van der Waals surface area contributed by atoms with E-state index in [1.54, 1.807) is 19.1 Å². The van der Waals surface area contributed by atoms with E-state index >= 15 is 0 Å². The van der Waals surface area contributed by atoms with Crippen molar-refractivity contribution in [3.8, 4) is 0 Å². The van der Waals surface area contributed by atoms with Crippen molar-refractivity contribution in [2.24, 2.45) is 11.8 Å². The van der Waals surface area contributed by atoms with Gasteiger partial charge in [-0.2, -0.15) is 0 Å². The SMILES string of the molecule is Cc1nc(Cl)ccc1NC(=O)C1CCCCC1C(=O)O. The zero-order valence-electron chi connectivity index (χ0n) is 11.2. The highest BCUT2D eigenvalue weighted by Gasteiger charge is 2.35. The molecule has 0 bridgehead atoms. The van der Waals surface area contributed by atoms with Gasteiger partial charge in [0.05, 0.1) is 23.2 Å². The van der Waals surface area contributed by atoms with Crippen LogP contribution < -0.4 is 5.32 Å². The van der Waals surface area contributed by atoms with E-state index in [1.807, 2.05) is 0 Å². The molecule has 0 spiro atoms. The third kappa shape index (κ3) is 3.28. The smallest absolute Gasteiger partial charge is 0.307 e. The number of nitrogens with one attached hydrogen (secondary N) is 1. The van der Waals surface area contributed by atoms with E-state index in [0.717, 1.165) is 12.8 Å². The number of carbonyl (C=O) groups is 2. The minimum atomic E-state index is -0.893. The summed E-state index contributed by atoms with van der Waals surface area (Å²) in [7, 11) is 0. The summed E-state index contributed by atoms with van der Waals surface area (Å²) < 4.78 is 0. The lowest BCUT2D eigenvalue weighted by Crippen LogP contribution is -2.36. The molecule has 1 aromatic heterocycles. The van der Waals surface area contributed by atoms with E-state index in [1.165, 1.54) is 0 Å². The van der Waals surface area contributed by atoms with Gasteiger partial charge in [-0.15, -0.1) is 0 Å². The number of halogens is 1. The number of nitrogens with zero attached hydrogens (tertiary/aromatic N) is 1. The lowest BCUT2D eigenvalue weighted by atomic mass is 9.78. The Kier molecular flexibility index (Phi) is 4.60. The summed E-state index contributed by atoms with van der Waals surface area (Å²) in [5, 5.41) is 12.3. The maximum absolute atomic E-state index is 12.3. The van der Waals surface area contributed by atoms with Crippen LogP contribution in [0.15, 0.2) is 12.1 Å². The topological polar surface area (TPSA) is 79.3 Å². The summed E-state index contributed by atoms with van der Waals surface area (Å²) in [5.41, 5.74) is 1.20. The summed E-state index contributed by atoms with van der Waals surface area (Å²) in [5.74, 6) is -2.21. The Labute approximate surface area is 122 Å². The van der Waals surface area contributed by atoms with Gasteiger partial charge in [-0.3, -0.25) is 9.59 Å². The van der Waals surface area contributed by atoms with Gasteiger partial charge in [0, 0.05) is 0 Å². The molecule has 1 saturated carbocycles. The van der Waals surface area contributed by atoms with Crippen LogP contribution in [0.3, 0.4) is 0 Å². The second-order valence-corrected chi connectivity index (χ2v) is 5.48. The van der Waals surface area contributed by atoms with E-state index in [0.29, 0.717) is 29.4 Å². The Morgan fingerprint density at radius 1 is 1.30 bits per heavy atom. The number of aliphatic carboxylic acids is 1. The number of anilines is 1. The summed E-state index contributed by atoms with van der Waals surface area (Å²) >= 11 is 5.77. The first kappa shape index (κ1) is 14.8. The van der Waals surface area contributed by atoms with Crippen LogP contribution in [0.25, 0.3) is 0 Å². The Balaban J connectivity index is 2.12. The quantitative estimate of drug-likeness (QED) is 0.841. The second-order valence-electron chi connectivity index (χ2n) is 5.09. The first-order valence-electron chi connectivity index (χ1n) is 6.66. The van der Waals surface area contributed by atoms with Gasteiger partial charge in [0.2, 0.25) is 5.91 Å². The fourth-order valence-electron chi connectivity index (χ4n) is 2.63. The van der Waals surface area contributed by atoms with Crippen molar-refractivity contribution in [3.05, 3.63) is 23.0 Å². The highest BCUT2D eigenvalue weighted by Crippen LogP contribution is 2.31. The Hall–Kier alpha value is -1.62. The van der Waals surface area contributed by atoms with Crippen molar-refractivity contribution in [2.75, 3.05) is 5.32 Å². The van der Waals surface area contributed by atoms with Crippen molar-refractivity contribution >= 4 is 29.2 Å². The van der Waals surface area contributed by atoms with E-state index in [4.69, 9.17) is 11.6 Å². The van der Waals surface area contributed by atoms with Crippen LogP contribution in [-0.2, 0) is 9.59 Å².